The third kappa shape index (κ3) is 1.55. The van der Waals surface area contributed by atoms with Gasteiger partial charge >= 0.3 is 0 Å². The maximum absolute atomic E-state index is 6.83. The van der Waals surface area contributed by atoms with Gasteiger partial charge in [0.25, 0.3) is 0 Å². The average molecular weight is 150 g/mol. The summed E-state index contributed by atoms with van der Waals surface area (Å²) in [7, 11) is 1.60. The van der Waals surface area contributed by atoms with E-state index in [4.69, 9.17) is 10.3 Å². The molecular weight excluding hydrogens is 140 g/mol. The van der Waals surface area contributed by atoms with Gasteiger partial charge in [-0.05, 0) is 18.6 Å². The number of hydrogen-bond donors (Lipinski definition) is 1. The van der Waals surface area contributed by atoms with E-state index in [2.05, 4.69) is 5.11 Å². The van der Waals surface area contributed by atoms with Gasteiger partial charge in [0.2, 0.25) is 0 Å². The normalized spacial score (nSPS) is 9.27. The number of benzene rings is 1. The number of nitrogens with one attached hydrogen (secondary N) is 1. The van der Waals surface area contributed by atoms with E-state index in [1.807, 2.05) is 19.1 Å². The first-order valence-corrected chi connectivity index (χ1v) is 3.30. The topological polar surface area (TPSA) is 45.4 Å². The van der Waals surface area contributed by atoms with Crippen molar-refractivity contribution in [1.29, 1.82) is 5.53 Å². The van der Waals surface area contributed by atoms with Crippen molar-refractivity contribution in [3.05, 3.63) is 23.8 Å². The summed E-state index contributed by atoms with van der Waals surface area (Å²) in [5, 5.41) is 3.35. The van der Waals surface area contributed by atoms with E-state index in [0.29, 0.717) is 5.69 Å². The quantitative estimate of drug-likeness (QED) is 0.647. The molecule has 0 aromatic heterocycles. The summed E-state index contributed by atoms with van der Waals surface area (Å²) < 4.78 is 4.97. The highest BCUT2D eigenvalue weighted by Gasteiger charge is 1.97. The SMILES string of the molecule is COc1ccc(C)c(N=N)c1. The molecule has 0 aliphatic rings. The van der Waals surface area contributed by atoms with Crippen LogP contribution in [-0.2, 0) is 0 Å². The Hall–Kier alpha value is -1.38. The van der Waals surface area contributed by atoms with Gasteiger partial charge in [-0.2, -0.15) is 5.11 Å². The van der Waals surface area contributed by atoms with Crippen LogP contribution in [0.2, 0.25) is 0 Å². The zero-order valence-corrected chi connectivity index (χ0v) is 6.59. The van der Waals surface area contributed by atoms with Gasteiger partial charge in [-0.15, -0.1) is 0 Å². The fraction of sp³-hybridized carbons (Fsp3) is 0.250. The molecule has 0 spiro atoms. The molecule has 0 atom stereocenters. The van der Waals surface area contributed by atoms with E-state index in [1.54, 1.807) is 13.2 Å². The molecule has 11 heavy (non-hydrogen) atoms. The van der Waals surface area contributed by atoms with Crippen molar-refractivity contribution in [2.45, 2.75) is 6.92 Å². The predicted octanol–water partition coefficient (Wildman–Crippen LogP) is 2.67. The maximum atomic E-state index is 6.83. The molecule has 0 saturated carbocycles. The van der Waals surface area contributed by atoms with Crippen LogP contribution in [0.1, 0.15) is 5.56 Å². The first-order chi connectivity index (χ1) is 5.27. The smallest absolute Gasteiger partial charge is 0.121 e. The van der Waals surface area contributed by atoms with Gasteiger partial charge in [0, 0.05) is 6.07 Å². The molecule has 0 heterocycles. The van der Waals surface area contributed by atoms with Gasteiger partial charge in [0.15, 0.2) is 0 Å². The molecule has 0 aliphatic heterocycles. The third-order valence-electron chi connectivity index (χ3n) is 1.54. The van der Waals surface area contributed by atoms with Crippen LogP contribution in [0.5, 0.6) is 5.75 Å². The maximum Gasteiger partial charge on any atom is 0.121 e. The van der Waals surface area contributed by atoms with Crippen LogP contribution >= 0.6 is 0 Å². The van der Waals surface area contributed by atoms with Gasteiger partial charge < -0.3 is 4.74 Å². The van der Waals surface area contributed by atoms with Gasteiger partial charge in [-0.3, -0.25) is 0 Å². The third-order valence-corrected chi connectivity index (χ3v) is 1.54. The average Bonchev–Trinajstić information content (AvgIpc) is 2.05. The Labute approximate surface area is 65.5 Å². The first-order valence-electron chi connectivity index (χ1n) is 3.30. The summed E-state index contributed by atoms with van der Waals surface area (Å²) in [6.07, 6.45) is 0. The number of ether oxygens (including phenoxy) is 1. The second-order valence-electron chi connectivity index (χ2n) is 2.26. The molecule has 0 unspecified atom stereocenters. The lowest BCUT2D eigenvalue weighted by Crippen LogP contribution is -1.82. The predicted molar refractivity (Wildman–Crippen MR) is 42.5 cm³/mol. The number of methoxy groups -OCH3 is 1. The molecule has 0 bridgehead atoms. The summed E-state index contributed by atoms with van der Waals surface area (Å²) in [6.45, 7) is 1.91. The Balaban J connectivity index is 3.12. The van der Waals surface area contributed by atoms with Crippen molar-refractivity contribution in [3.8, 4) is 5.75 Å². The van der Waals surface area contributed by atoms with E-state index >= 15 is 0 Å². The van der Waals surface area contributed by atoms with Gasteiger partial charge in [-0.1, -0.05) is 6.07 Å². The highest BCUT2D eigenvalue weighted by atomic mass is 16.5. The number of nitrogens with zero attached hydrogens (tertiary/aromatic N) is 1. The van der Waals surface area contributed by atoms with Crippen molar-refractivity contribution in [2.24, 2.45) is 5.11 Å². The fourth-order valence-electron chi connectivity index (χ4n) is 0.837. The molecule has 1 aromatic rings. The number of aryl methyl sites for hydroxylation is 1. The molecule has 58 valence electrons. The highest BCUT2D eigenvalue weighted by Crippen LogP contribution is 2.23. The molecule has 1 rings (SSSR count). The molecule has 0 fully saturated rings. The van der Waals surface area contributed by atoms with E-state index in [0.717, 1.165) is 11.3 Å². The lowest BCUT2D eigenvalue weighted by molar-refractivity contribution is 0.415. The summed E-state index contributed by atoms with van der Waals surface area (Å²) in [5.41, 5.74) is 8.47. The molecule has 1 aromatic carbocycles. The highest BCUT2D eigenvalue weighted by molar-refractivity contribution is 5.49. The van der Waals surface area contributed by atoms with E-state index in [9.17, 15) is 0 Å². The summed E-state index contributed by atoms with van der Waals surface area (Å²) >= 11 is 0. The van der Waals surface area contributed by atoms with Crippen LogP contribution in [0, 0.1) is 12.5 Å². The van der Waals surface area contributed by atoms with Crippen LogP contribution in [0.15, 0.2) is 23.3 Å². The largest absolute Gasteiger partial charge is 0.497 e. The first kappa shape index (κ1) is 7.72. The monoisotopic (exact) mass is 150 g/mol. The van der Waals surface area contributed by atoms with Crippen LogP contribution < -0.4 is 4.74 Å². The molecule has 0 amide bonds. The van der Waals surface area contributed by atoms with Crippen molar-refractivity contribution in [3.63, 3.8) is 0 Å². The minimum atomic E-state index is 0.657. The second kappa shape index (κ2) is 3.14. The molecule has 0 saturated heterocycles. The summed E-state index contributed by atoms with van der Waals surface area (Å²) in [6, 6.07) is 5.47. The molecule has 3 nitrogen and oxygen atoms in total. The van der Waals surface area contributed by atoms with Crippen LogP contribution in [0.3, 0.4) is 0 Å². The van der Waals surface area contributed by atoms with Gasteiger partial charge in [0.1, 0.15) is 5.75 Å². The van der Waals surface area contributed by atoms with Crippen molar-refractivity contribution < 1.29 is 4.74 Å². The Morgan fingerprint density at radius 3 is 2.73 bits per heavy atom. The van der Waals surface area contributed by atoms with Crippen LogP contribution in [0.25, 0.3) is 0 Å². The van der Waals surface area contributed by atoms with E-state index in [-0.39, 0.29) is 0 Å². The Kier molecular flexibility index (Phi) is 2.21. The summed E-state index contributed by atoms with van der Waals surface area (Å²) in [4.78, 5) is 0. The van der Waals surface area contributed by atoms with Crippen molar-refractivity contribution in [1.82, 2.24) is 0 Å². The summed E-state index contributed by atoms with van der Waals surface area (Å²) in [5.74, 6) is 0.738. The van der Waals surface area contributed by atoms with E-state index < -0.39 is 0 Å². The van der Waals surface area contributed by atoms with Gasteiger partial charge in [0.05, 0.1) is 12.8 Å². The zero-order valence-electron chi connectivity index (χ0n) is 6.59. The Morgan fingerprint density at radius 1 is 1.45 bits per heavy atom. The molecule has 3 heteroatoms. The van der Waals surface area contributed by atoms with Gasteiger partial charge in [-0.25, -0.2) is 5.53 Å². The Bertz CT molecular complexity index is 271. The standard InChI is InChI=1S/C8H10N2O/c1-6-3-4-7(11-2)5-8(6)10-9/h3-5,9H,1-2H3. The number of rotatable bonds is 2. The Morgan fingerprint density at radius 2 is 2.18 bits per heavy atom. The lowest BCUT2D eigenvalue weighted by Gasteiger charge is -2.01. The fourth-order valence-corrected chi connectivity index (χ4v) is 0.837. The minimum Gasteiger partial charge on any atom is -0.497 e. The van der Waals surface area contributed by atoms with Crippen LogP contribution in [0.4, 0.5) is 5.69 Å². The van der Waals surface area contributed by atoms with E-state index in [1.165, 1.54) is 0 Å². The molecule has 1 N–H and O–H groups in total. The van der Waals surface area contributed by atoms with Crippen LogP contribution in [-0.4, -0.2) is 7.11 Å². The molecule has 0 aliphatic carbocycles. The number of hydrogen-bond acceptors (Lipinski definition) is 3. The molecule has 0 radical (unpaired) electrons. The lowest BCUT2D eigenvalue weighted by atomic mass is 10.2. The minimum absolute atomic E-state index is 0.657. The second-order valence-corrected chi connectivity index (χ2v) is 2.26. The van der Waals surface area contributed by atoms with Crippen molar-refractivity contribution >= 4 is 5.69 Å². The molecular formula is C8H10N2O. The van der Waals surface area contributed by atoms with Crippen molar-refractivity contribution in [2.75, 3.05) is 7.11 Å². The zero-order chi connectivity index (χ0) is 8.27.